The monoisotopic (exact) mass is 389 g/mol. The van der Waals surface area contributed by atoms with Crippen molar-refractivity contribution in [3.05, 3.63) is 59.9 Å². The summed E-state index contributed by atoms with van der Waals surface area (Å²) in [5.41, 5.74) is 2.38. The van der Waals surface area contributed by atoms with Crippen molar-refractivity contribution in [1.82, 2.24) is 9.97 Å². The molecule has 152 valence electrons. The predicted molar refractivity (Wildman–Crippen MR) is 120 cm³/mol. The molecule has 0 atom stereocenters. The van der Waals surface area contributed by atoms with E-state index < -0.39 is 0 Å². The highest BCUT2D eigenvalue weighted by Crippen LogP contribution is 2.33. The highest BCUT2D eigenvalue weighted by atomic mass is 16.5. The predicted octanol–water partition coefficient (Wildman–Crippen LogP) is 5.86. The molecule has 4 nitrogen and oxygen atoms in total. The van der Waals surface area contributed by atoms with Gasteiger partial charge < -0.3 is 10.1 Å². The summed E-state index contributed by atoms with van der Waals surface area (Å²) in [6, 6.07) is 13.1. The van der Waals surface area contributed by atoms with Gasteiger partial charge in [-0.15, -0.1) is 0 Å². The van der Waals surface area contributed by atoms with Crippen LogP contribution in [0.4, 0.5) is 5.82 Å². The van der Waals surface area contributed by atoms with Crippen molar-refractivity contribution in [3.8, 4) is 5.88 Å². The molecule has 1 saturated carbocycles. The van der Waals surface area contributed by atoms with Crippen molar-refractivity contribution in [2.45, 2.75) is 52.0 Å². The first-order chi connectivity index (χ1) is 14.1. The van der Waals surface area contributed by atoms with Crippen LogP contribution in [0.3, 0.4) is 0 Å². The molecule has 3 aromatic rings. The van der Waals surface area contributed by atoms with Gasteiger partial charge in [-0.3, -0.25) is 0 Å². The van der Waals surface area contributed by atoms with Crippen LogP contribution in [0.1, 0.15) is 50.7 Å². The number of methoxy groups -OCH3 is 1. The molecule has 1 aliphatic carbocycles. The normalized spacial score (nSPS) is 19.4. The summed E-state index contributed by atoms with van der Waals surface area (Å²) in [4.78, 5) is 9.16. The van der Waals surface area contributed by atoms with Crippen LogP contribution < -0.4 is 10.1 Å². The molecule has 1 fully saturated rings. The van der Waals surface area contributed by atoms with E-state index in [9.17, 15) is 0 Å². The average molecular weight is 390 g/mol. The molecular weight excluding hydrogens is 358 g/mol. The zero-order chi connectivity index (χ0) is 20.2. The van der Waals surface area contributed by atoms with E-state index in [1.165, 1.54) is 42.0 Å². The number of nitrogens with one attached hydrogen (secondary N) is 1. The average Bonchev–Trinajstić information content (AvgIpc) is 2.76. The zero-order valence-electron chi connectivity index (χ0n) is 17.7. The molecule has 29 heavy (non-hydrogen) atoms. The number of benzene rings is 1. The van der Waals surface area contributed by atoms with Gasteiger partial charge in [0.2, 0.25) is 5.88 Å². The van der Waals surface area contributed by atoms with Crippen LogP contribution in [0, 0.1) is 11.8 Å². The summed E-state index contributed by atoms with van der Waals surface area (Å²) in [7, 11) is 1.64. The minimum atomic E-state index is 0.526. The molecule has 1 N–H and O–H groups in total. The smallest absolute Gasteiger partial charge is 0.212 e. The minimum Gasteiger partial charge on any atom is -0.481 e. The van der Waals surface area contributed by atoms with Crippen molar-refractivity contribution >= 4 is 16.6 Å². The van der Waals surface area contributed by atoms with Crippen LogP contribution >= 0.6 is 0 Å². The lowest BCUT2D eigenvalue weighted by Crippen LogP contribution is -2.28. The van der Waals surface area contributed by atoms with Crippen molar-refractivity contribution in [2.75, 3.05) is 12.4 Å². The van der Waals surface area contributed by atoms with Crippen LogP contribution in [-0.2, 0) is 6.42 Å². The molecule has 1 aromatic carbocycles. The summed E-state index contributed by atoms with van der Waals surface area (Å²) >= 11 is 0. The number of hydrogen-bond acceptors (Lipinski definition) is 4. The van der Waals surface area contributed by atoms with E-state index in [1.54, 1.807) is 7.11 Å². The lowest BCUT2D eigenvalue weighted by atomic mass is 9.79. The van der Waals surface area contributed by atoms with E-state index >= 15 is 0 Å². The topological polar surface area (TPSA) is 47.0 Å². The quantitative estimate of drug-likeness (QED) is 0.574. The van der Waals surface area contributed by atoms with Gasteiger partial charge in [0.05, 0.1) is 7.11 Å². The summed E-state index contributed by atoms with van der Waals surface area (Å²) in [6.07, 6.45) is 9.81. The third-order valence-electron chi connectivity index (χ3n) is 6.33. The Morgan fingerprint density at radius 1 is 0.966 bits per heavy atom. The maximum atomic E-state index is 5.17. The van der Waals surface area contributed by atoms with Crippen molar-refractivity contribution in [2.24, 2.45) is 11.8 Å². The number of hydrogen-bond donors (Lipinski definition) is 1. The van der Waals surface area contributed by atoms with Gasteiger partial charge in [-0.25, -0.2) is 9.97 Å². The molecular formula is C25H31N3O. The van der Waals surface area contributed by atoms with Gasteiger partial charge in [-0.1, -0.05) is 44.2 Å². The Balaban J connectivity index is 1.54. The van der Waals surface area contributed by atoms with Gasteiger partial charge in [-0.05, 0) is 54.0 Å². The van der Waals surface area contributed by atoms with E-state index in [2.05, 4.69) is 54.5 Å². The molecule has 2 heterocycles. The molecule has 0 unspecified atom stereocenters. The Kier molecular flexibility index (Phi) is 5.98. The Labute approximate surface area is 173 Å². The first kappa shape index (κ1) is 19.7. The maximum absolute atomic E-state index is 5.17. The number of nitrogens with zero attached hydrogens (tertiary/aromatic N) is 2. The summed E-state index contributed by atoms with van der Waals surface area (Å²) < 4.78 is 5.17. The standard InChI is InChI=1S/C25H31N3O/c1-17(2)19-9-11-21(12-10-19)28-25-23-7-5-4-6-22(23)20(16-27-25)14-18-8-13-24(29-3)26-15-18/h4-8,13,15-17,19,21H,9-12,14H2,1-3H3,(H,27,28). The second-order valence-electron chi connectivity index (χ2n) is 8.56. The largest absolute Gasteiger partial charge is 0.481 e. The highest BCUT2D eigenvalue weighted by Gasteiger charge is 2.23. The number of ether oxygens (including phenoxy) is 1. The Bertz CT molecular complexity index is 944. The molecule has 1 aliphatic rings. The third kappa shape index (κ3) is 4.52. The fourth-order valence-corrected chi connectivity index (χ4v) is 4.49. The van der Waals surface area contributed by atoms with Gasteiger partial charge in [0, 0.05) is 36.3 Å². The van der Waals surface area contributed by atoms with E-state index in [1.807, 2.05) is 18.5 Å². The number of rotatable bonds is 6. The Morgan fingerprint density at radius 3 is 2.38 bits per heavy atom. The van der Waals surface area contributed by atoms with Gasteiger partial charge in [-0.2, -0.15) is 0 Å². The van der Waals surface area contributed by atoms with Crippen molar-refractivity contribution in [1.29, 1.82) is 0 Å². The van der Waals surface area contributed by atoms with Gasteiger partial charge >= 0.3 is 0 Å². The Hall–Kier alpha value is -2.62. The molecule has 2 aromatic heterocycles. The number of aromatic nitrogens is 2. The fraction of sp³-hybridized carbons (Fsp3) is 0.440. The first-order valence-corrected chi connectivity index (χ1v) is 10.8. The number of anilines is 1. The van der Waals surface area contributed by atoms with Gasteiger partial charge in [0.25, 0.3) is 0 Å². The molecule has 0 aliphatic heterocycles. The third-order valence-corrected chi connectivity index (χ3v) is 6.33. The van der Waals surface area contributed by atoms with Crippen LogP contribution in [0.2, 0.25) is 0 Å². The maximum Gasteiger partial charge on any atom is 0.212 e. The van der Waals surface area contributed by atoms with E-state index in [0.29, 0.717) is 11.9 Å². The molecule has 0 radical (unpaired) electrons. The Morgan fingerprint density at radius 2 is 1.72 bits per heavy atom. The summed E-state index contributed by atoms with van der Waals surface area (Å²) in [5, 5.41) is 6.22. The summed E-state index contributed by atoms with van der Waals surface area (Å²) in [6.45, 7) is 4.70. The van der Waals surface area contributed by atoms with Crippen LogP contribution in [0.5, 0.6) is 5.88 Å². The van der Waals surface area contributed by atoms with E-state index in [-0.39, 0.29) is 0 Å². The molecule has 4 heteroatoms. The van der Waals surface area contributed by atoms with Crippen LogP contribution in [-0.4, -0.2) is 23.1 Å². The fourth-order valence-electron chi connectivity index (χ4n) is 4.49. The lowest BCUT2D eigenvalue weighted by molar-refractivity contribution is 0.267. The zero-order valence-corrected chi connectivity index (χ0v) is 17.7. The van der Waals surface area contributed by atoms with E-state index in [0.717, 1.165) is 29.6 Å². The molecule has 0 amide bonds. The van der Waals surface area contributed by atoms with E-state index in [4.69, 9.17) is 9.72 Å². The molecule has 0 bridgehead atoms. The molecule has 4 rings (SSSR count). The van der Waals surface area contributed by atoms with Gasteiger partial charge in [0.15, 0.2) is 0 Å². The van der Waals surface area contributed by atoms with Gasteiger partial charge in [0.1, 0.15) is 5.82 Å². The second-order valence-corrected chi connectivity index (χ2v) is 8.56. The number of pyridine rings is 2. The minimum absolute atomic E-state index is 0.526. The van der Waals surface area contributed by atoms with Crippen molar-refractivity contribution in [3.63, 3.8) is 0 Å². The molecule has 0 spiro atoms. The lowest BCUT2D eigenvalue weighted by Gasteiger charge is -2.31. The van der Waals surface area contributed by atoms with Crippen LogP contribution in [0.15, 0.2) is 48.8 Å². The second kappa shape index (κ2) is 8.81. The number of fused-ring (bicyclic) bond motifs is 1. The highest BCUT2D eigenvalue weighted by molar-refractivity contribution is 5.94. The first-order valence-electron chi connectivity index (χ1n) is 10.8. The SMILES string of the molecule is COc1ccc(Cc2cnc(NC3CCC(C(C)C)CC3)c3ccccc23)cn1. The van der Waals surface area contributed by atoms with Crippen LogP contribution in [0.25, 0.3) is 10.8 Å². The summed E-state index contributed by atoms with van der Waals surface area (Å²) in [5.74, 6) is 3.33. The molecule has 0 saturated heterocycles. The van der Waals surface area contributed by atoms with Crippen molar-refractivity contribution < 1.29 is 4.74 Å².